The quantitative estimate of drug-likeness (QED) is 0.277. The number of halogens is 1. The molecule has 4 rings (SSSR count). The van der Waals surface area contributed by atoms with Gasteiger partial charge in [-0.2, -0.15) is 0 Å². The molecule has 1 fully saturated rings. The number of nitrogens with two attached hydrogens (primary N) is 1. The van der Waals surface area contributed by atoms with Crippen molar-refractivity contribution in [3.05, 3.63) is 105 Å². The lowest BCUT2D eigenvalue weighted by Crippen LogP contribution is -2.48. The second kappa shape index (κ2) is 13.6. The van der Waals surface area contributed by atoms with Gasteiger partial charge in [0.2, 0.25) is 0 Å². The Kier molecular flexibility index (Phi) is 10.2. The SMILES string of the molecule is COCCCCC(O)(c1cccc(Cl)c1Cc1cccc(C)c1)C1CCCN(C(=O)c2ccc(CN)cc2)C1. The van der Waals surface area contributed by atoms with Crippen LogP contribution in [-0.2, 0) is 23.3 Å². The number of nitrogens with zero attached hydrogens (tertiary/aromatic N) is 1. The molecule has 0 bridgehead atoms. The number of methoxy groups -OCH3 is 1. The van der Waals surface area contributed by atoms with Crippen molar-refractivity contribution in [3.8, 4) is 0 Å². The van der Waals surface area contributed by atoms with Crippen LogP contribution in [0, 0.1) is 12.8 Å². The first-order chi connectivity index (χ1) is 18.9. The van der Waals surface area contributed by atoms with Gasteiger partial charge in [0.05, 0.1) is 5.60 Å². The van der Waals surface area contributed by atoms with Crippen LogP contribution in [0.1, 0.15) is 70.3 Å². The van der Waals surface area contributed by atoms with Crippen molar-refractivity contribution in [1.29, 1.82) is 0 Å². The zero-order valence-corrected chi connectivity index (χ0v) is 23.9. The highest BCUT2D eigenvalue weighted by Gasteiger charge is 2.42. The van der Waals surface area contributed by atoms with E-state index in [0.717, 1.165) is 47.9 Å². The molecule has 1 aliphatic heterocycles. The first-order valence-electron chi connectivity index (χ1n) is 14.0. The molecule has 3 aromatic carbocycles. The van der Waals surface area contributed by atoms with Gasteiger partial charge in [0, 0.05) is 49.9 Å². The summed E-state index contributed by atoms with van der Waals surface area (Å²) < 4.78 is 5.29. The number of likely N-dealkylation sites (tertiary alicyclic amines) is 1. The van der Waals surface area contributed by atoms with Crippen molar-refractivity contribution < 1.29 is 14.6 Å². The van der Waals surface area contributed by atoms with Gasteiger partial charge < -0.3 is 20.5 Å². The molecule has 1 aliphatic rings. The van der Waals surface area contributed by atoms with Gasteiger partial charge in [-0.1, -0.05) is 65.7 Å². The molecule has 0 saturated carbocycles. The average Bonchev–Trinajstić information content (AvgIpc) is 2.96. The molecule has 3 aromatic rings. The Morgan fingerprint density at radius 3 is 2.59 bits per heavy atom. The summed E-state index contributed by atoms with van der Waals surface area (Å²) in [6.45, 7) is 4.35. The third-order valence-corrected chi connectivity index (χ3v) is 8.38. The van der Waals surface area contributed by atoms with Crippen LogP contribution in [0.2, 0.25) is 5.02 Å². The van der Waals surface area contributed by atoms with E-state index in [1.807, 2.05) is 47.4 Å². The lowest BCUT2D eigenvalue weighted by molar-refractivity contribution is -0.0583. The smallest absolute Gasteiger partial charge is 0.253 e. The van der Waals surface area contributed by atoms with Gasteiger partial charge in [-0.05, 0) is 85.9 Å². The number of aryl methyl sites for hydroxylation is 1. The Hall–Kier alpha value is -2.70. The normalized spacial score (nSPS) is 17.2. The van der Waals surface area contributed by atoms with Gasteiger partial charge >= 0.3 is 0 Å². The van der Waals surface area contributed by atoms with E-state index in [1.54, 1.807) is 7.11 Å². The molecule has 0 aliphatic carbocycles. The maximum atomic E-state index is 13.5. The lowest BCUT2D eigenvalue weighted by atomic mass is 9.72. The van der Waals surface area contributed by atoms with Crippen LogP contribution >= 0.6 is 11.6 Å². The monoisotopic (exact) mass is 548 g/mol. The summed E-state index contributed by atoms with van der Waals surface area (Å²) in [5.74, 6) is -0.119. The highest BCUT2D eigenvalue weighted by molar-refractivity contribution is 6.31. The molecule has 208 valence electrons. The number of carbonyl (C=O) groups is 1. The number of aliphatic hydroxyl groups is 1. The molecule has 39 heavy (non-hydrogen) atoms. The zero-order chi connectivity index (χ0) is 27.8. The van der Waals surface area contributed by atoms with Crippen molar-refractivity contribution >= 4 is 17.5 Å². The molecule has 5 nitrogen and oxygen atoms in total. The van der Waals surface area contributed by atoms with Gasteiger partial charge in [-0.15, -0.1) is 0 Å². The zero-order valence-electron chi connectivity index (χ0n) is 23.2. The summed E-state index contributed by atoms with van der Waals surface area (Å²) in [7, 11) is 1.70. The van der Waals surface area contributed by atoms with E-state index in [0.29, 0.717) is 49.7 Å². The van der Waals surface area contributed by atoms with E-state index in [9.17, 15) is 9.90 Å². The highest BCUT2D eigenvalue weighted by atomic mass is 35.5. The van der Waals surface area contributed by atoms with Crippen LogP contribution in [0.3, 0.4) is 0 Å². The number of benzene rings is 3. The van der Waals surface area contributed by atoms with Crippen molar-refractivity contribution in [3.63, 3.8) is 0 Å². The lowest BCUT2D eigenvalue weighted by Gasteiger charge is -2.44. The van der Waals surface area contributed by atoms with E-state index in [1.165, 1.54) is 5.56 Å². The Labute approximate surface area is 237 Å². The summed E-state index contributed by atoms with van der Waals surface area (Å²) in [6, 6.07) is 21.8. The van der Waals surface area contributed by atoms with E-state index in [4.69, 9.17) is 22.1 Å². The number of hydrogen-bond donors (Lipinski definition) is 2. The fourth-order valence-electron chi connectivity index (χ4n) is 5.89. The molecule has 1 heterocycles. The maximum Gasteiger partial charge on any atom is 0.253 e. The molecule has 6 heteroatoms. The highest BCUT2D eigenvalue weighted by Crippen LogP contribution is 2.43. The Morgan fingerprint density at radius 1 is 1.10 bits per heavy atom. The third kappa shape index (κ3) is 7.09. The predicted octanol–water partition coefficient (Wildman–Crippen LogP) is 6.25. The molecule has 2 unspecified atom stereocenters. The molecule has 3 N–H and O–H groups in total. The van der Waals surface area contributed by atoms with Crippen LogP contribution in [0.15, 0.2) is 66.7 Å². The standard InChI is InChI=1S/C33H41ClN2O3/c1-24-8-5-9-26(20-24)21-29-30(11-6-12-31(29)34)33(38,17-3-4-19-39-2)28-10-7-18-36(23-28)32(37)27-15-13-25(22-35)14-16-27/h5-6,8-9,11-16,20,28,38H,3-4,7,10,17-19,21-23,35H2,1-2H3. The number of ether oxygens (including phenoxy) is 1. The minimum absolute atomic E-state index is 0.00363. The molecular weight excluding hydrogens is 508 g/mol. The predicted molar refractivity (Wildman–Crippen MR) is 158 cm³/mol. The minimum Gasteiger partial charge on any atom is -0.385 e. The first kappa shape index (κ1) is 29.3. The number of carbonyl (C=O) groups excluding carboxylic acids is 1. The summed E-state index contributed by atoms with van der Waals surface area (Å²) in [5, 5.41) is 13.3. The van der Waals surface area contributed by atoms with E-state index < -0.39 is 5.60 Å². The first-order valence-corrected chi connectivity index (χ1v) is 14.4. The van der Waals surface area contributed by atoms with Gasteiger partial charge in [0.1, 0.15) is 0 Å². The summed E-state index contributed by atoms with van der Waals surface area (Å²) in [5.41, 5.74) is 10.4. The number of amides is 1. The summed E-state index contributed by atoms with van der Waals surface area (Å²) >= 11 is 6.83. The molecule has 0 radical (unpaired) electrons. The largest absolute Gasteiger partial charge is 0.385 e. The number of unbranched alkanes of at least 4 members (excludes halogenated alkanes) is 1. The second-order valence-corrected chi connectivity index (χ2v) is 11.2. The molecule has 1 amide bonds. The van der Waals surface area contributed by atoms with Crippen molar-refractivity contribution in [2.24, 2.45) is 11.7 Å². The van der Waals surface area contributed by atoms with Crippen LogP contribution in [0.4, 0.5) is 0 Å². The number of hydrogen-bond acceptors (Lipinski definition) is 4. The molecule has 2 atom stereocenters. The molecule has 1 saturated heterocycles. The Bertz CT molecular complexity index is 1250. The van der Waals surface area contributed by atoms with Gasteiger partial charge in [-0.25, -0.2) is 0 Å². The van der Waals surface area contributed by atoms with Gasteiger partial charge in [0.15, 0.2) is 0 Å². The second-order valence-electron chi connectivity index (χ2n) is 10.8. The molecular formula is C33H41ClN2O3. The van der Waals surface area contributed by atoms with E-state index >= 15 is 0 Å². The van der Waals surface area contributed by atoms with Crippen LogP contribution in [0.25, 0.3) is 0 Å². The summed E-state index contributed by atoms with van der Waals surface area (Å²) in [6.07, 6.45) is 4.56. The van der Waals surface area contributed by atoms with Crippen LogP contribution in [0.5, 0.6) is 0 Å². The fourth-order valence-corrected chi connectivity index (χ4v) is 6.13. The van der Waals surface area contributed by atoms with Gasteiger partial charge in [0.25, 0.3) is 5.91 Å². The maximum absolute atomic E-state index is 13.5. The Balaban J connectivity index is 1.66. The van der Waals surface area contributed by atoms with Crippen molar-refractivity contribution in [2.45, 2.75) is 57.6 Å². The van der Waals surface area contributed by atoms with Gasteiger partial charge in [-0.3, -0.25) is 4.79 Å². The number of piperidine rings is 1. The molecule has 0 spiro atoms. The van der Waals surface area contributed by atoms with Crippen molar-refractivity contribution in [2.75, 3.05) is 26.8 Å². The Morgan fingerprint density at radius 2 is 1.87 bits per heavy atom. The molecule has 0 aromatic heterocycles. The number of rotatable bonds is 11. The van der Waals surface area contributed by atoms with E-state index in [2.05, 4.69) is 31.2 Å². The van der Waals surface area contributed by atoms with Crippen LogP contribution in [-0.4, -0.2) is 42.7 Å². The van der Waals surface area contributed by atoms with E-state index in [-0.39, 0.29) is 11.8 Å². The average molecular weight is 549 g/mol. The van der Waals surface area contributed by atoms with Crippen molar-refractivity contribution in [1.82, 2.24) is 4.90 Å². The minimum atomic E-state index is -1.12. The topological polar surface area (TPSA) is 75.8 Å². The third-order valence-electron chi connectivity index (χ3n) is 8.03. The fraction of sp³-hybridized carbons (Fsp3) is 0.424. The van der Waals surface area contributed by atoms with Crippen LogP contribution < -0.4 is 5.73 Å². The summed E-state index contributed by atoms with van der Waals surface area (Å²) in [4.78, 5) is 15.4.